The van der Waals surface area contributed by atoms with E-state index in [9.17, 15) is 4.79 Å². The van der Waals surface area contributed by atoms with Crippen LogP contribution in [-0.4, -0.2) is 5.97 Å². The van der Waals surface area contributed by atoms with Crippen molar-refractivity contribution >= 4 is 5.97 Å². The van der Waals surface area contributed by atoms with Crippen LogP contribution in [0.15, 0.2) is 24.3 Å². The van der Waals surface area contributed by atoms with Crippen LogP contribution in [0.25, 0.3) is 0 Å². The molecular weight excluding hydrogens is 166 g/mol. The van der Waals surface area contributed by atoms with Crippen LogP contribution >= 0.6 is 0 Å². The first-order valence-corrected chi connectivity index (χ1v) is 4.31. The number of aryl methyl sites for hydroxylation is 1. The number of carbonyl (C=O) groups excluding carboxylic acids is 1. The highest BCUT2D eigenvalue weighted by Crippen LogP contribution is 2.33. The van der Waals surface area contributed by atoms with Crippen molar-refractivity contribution in [2.45, 2.75) is 18.8 Å². The summed E-state index contributed by atoms with van der Waals surface area (Å²) in [7, 11) is 0. The Kier molecular flexibility index (Phi) is 2.02. The third-order valence-electron chi connectivity index (χ3n) is 2.53. The van der Waals surface area contributed by atoms with E-state index in [4.69, 9.17) is 5.90 Å². The molecule has 0 amide bonds. The van der Waals surface area contributed by atoms with Crippen molar-refractivity contribution in [2.24, 2.45) is 5.90 Å². The first-order valence-electron chi connectivity index (χ1n) is 4.31. The standard InChI is InChI=1S/C10H11NO2/c11-13-10(12)9-6-5-7-3-1-2-4-8(7)9/h1-4,9H,5-6,11H2. The van der Waals surface area contributed by atoms with E-state index in [-0.39, 0.29) is 11.9 Å². The first kappa shape index (κ1) is 8.26. The maximum absolute atomic E-state index is 11.2. The summed E-state index contributed by atoms with van der Waals surface area (Å²) in [6, 6.07) is 7.92. The second-order valence-electron chi connectivity index (χ2n) is 3.23. The Morgan fingerprint density at radius 1 is 1.46 bits per heavy atom. The summed E-state index contributed by atoms with van der Waals surface area (Å²) in [6.07, 6.45) is 1.76. The quantitative estimate of drug-likeness (QED) is 0.654. The Labute approximate surface area is 76.5 Å². The first-order chi connectivity index (χ1) is 6.33. The molecule has 1 aliphatic carbocycles. The van der Waals surface area contributed by atoms with Gasteiger partial charge in [0.05, 0.1) is 5.92 Å². The van der Waals surface area contributed by atoms with E-state index >= 15 is 0 Å². The monoisotopic (exact) mass is 177 g/mol. The molecule has 68 valence electrons. The van der Waals surface area contributed by atoms with E-state index in [1.165, 1.54) is 5.56 Å². The Balaban J connectivity index is 2.33. The van der Waals surface area contributed by atoms with Crippen LogP contribution in [0.3, 0.4) is 0 Å². The Morgan fingerprint density at radius 3 is 3.00 bits per heavy atom. The zero-order valence-corrected chi connectivity index (χ0v) is 7.19. The number of fused-ring (bicyclic) bond motifs is 1. The minimum Gasteiger partial charge on any atom is -0.373 e. The van der Waals surface area contributed by atoms with Gasteiger partial charge in [-0.1, -0.05) is 24.3 Å². The lowest BCUT2D eigenvalue weighted by atomic mass is 10.0. The van der Waals surface area contributed by atoms with Crippen molar-refractivity contribution in [3.8, 4) is 0 Å². The molecule has 2 rings (SSSR count). The topological polar surface area (TPSA) is 52.3 Å². The van der Waals surface area contributed by atoms with Gasteiger partial charge in [0.25, 0.3) is 0 Å². The molecule has 0 saturated carbocycles. The van der Waals surface area contributed by atoms with Crippen LogP contribution in [-0.2, 0) is 16.1 Å². The van der Waals surface area contributed by atoms with Crippen molar-refractivity contribution in [3.63, 3.8) is 0 Å². The molecule has 0 heterocycles. The van der Waals surface area contributed by atoms with E-state index in [0.717, 1.165) is 18.4 Å². The summed E-state index contributed by atoms with van der Waals surface area (Å²) in [5, 5.41) is 0. The Bertz CT molecular complexity index is 335. The summed E-state index contributed by atoms with van der Waals surface area (Å²) < 4.78 is 0. The number of carbonyl (C=O) groups is 1. The van der Waals surface area contributed by atoms with Gasteiger partial charge in [0.15, 0.2) is 0 Å². The third kappa shape index (κ3) is 1.31. The molecule has 2 N–H and O–H groups in total. The second kappa shape index (κ2) is 3.18. The average Bonchev–Trinajstić information content (AvgIpc) is 2.60. The van der Waals surface area contributed by atoms with Gasteiger partial charge in [0, 0.05) is 0 Å². The van der Waals surface area contributed by atoms with Gasteiger partial charge in [-0.2, -0.15) is 5.90 Å². The zero-order chi connectivity index (χ0) is 9.26. The molecule has 13 heavy (non-hydrogen) atoms. The third-order valence-corrected chi connectivity index (χ3v) is 2.53. The number of rotatable bonds is 1. The summed E-state index contributed by atoms with van der Waals surface area (Å²) in [5.41, 5.74) is 2.30. The minimum atomic E-state index is -0.329. The molecule has 1 aliphatic rings. The van der Waals surface area contributed by atoms with Crippen LogP contribution in [0.4, 0.5) is 0 Å². The molecule has 1 aromatic carbocycles. The fourth-order valence-corrected chi connectivity index (χ4v) is 1.88. The molecule has 3 heteroatoms. The van der Waals surface area contributed by atoms with Crippen molar-refractivity contribution < 1.29 is 9.63 Å². The molecule has 1 unspecified atom stereocenters. The van der Waals surface area contributed by atoms with E-state index in [2.05, 4.69) is 4.84 Å². The van der Waals surface area contributed by atoms with Crippen LogP contribution in [0.5, 0.6) is 0 Å². The predicted molar refractivity (Wildman–Crippen MR) is 47.8 cm³/mol. The van der Waals surface area contributed by atoms with E-state index in [1.807, 2.05) is 24.3 Å². The highest BCUT2D eigenvalue weighted by molar-refractivity contribution is 5.79. The van der Waals surface area contributed by atoms with Crippen LogP contribution in [0.1, 0.15) is 23.5 Å². The summed E-state index contributed by atoms with van der Waals surface area (Å²) in [4.78, 5) is 15.5. The lowest BCUT2D eigenvalue weighted by Gasteiger charge is -2.06. The van der Waals surface area contributed by atoms with Crippen molar-refractivity contribution in [2.75, 3.05) is 0 Å². The number of nitrogens with two attached hydrogens (primary N) is 1. The molecule has 0 aliphatic heterocycles. The molecule has 0 fully saturated rings. The Morgan fingerprint density at radius 2 is 2.23 bits per heavy atom. The van der Waals surface area contributed by atoms with Crippen molar-refractivity contribution in [1.29, 1.82) is 0 Å². The lowest BCUT2D eigenvalue weighted by Crippen LogP contribution is -2.17. The fraction of sp³-hybridized carbons (Fsp3) is 0.300. The SMILES string of the molecule is NOC(=O)C1CCc2ccccc21. The van der Waals surface area contributed by atoms with Gasteiger partial charge in [-0.3, -0.25) is 0 Å². The highest BCUT2D eigenvalue weighted by atomic mass is 16.7. The maximum atomic E-state index is 11.2. The van der Waals surface area contributed by atoms with Gasteiger partial charge in [-0.05, 0) is 24.0 Å². The fourth-order valence-electron chi connectivity index (χ4n) is 1.88. The largest absolute Gasteiger partial charge is 0.373 e. The number of benzene rings is 1. The Hall–Kier alpha value is -1.35. The van der Waals surface area contributed by atoms with Gasteiger partial charge in [0.2, 0.25) is 0 Å². The zero-order valence-electron chi connectivity index (χ0n) is 7.19. The maximum Gasteiger partial charge on any atom is 0.331 e. The molecule has 0 saturated heterocycles. The summed E-state index contributed by atoms with van der Waals surface area (Å²) in [6.45, 7) is 0. The predicted octanol–water partition coefficient (Wildman–Crippen LogP) is 1.13. The molecule has 1 atom stereocenters. The van der Waals surface area contributed by atoms with E-state index in [1.54, 1.807) is 0 Å². The molecule has 3 nitrogen and oxygen atoms in total. The lowest BCUT2D eigenvalue weighted by molar-refractivity contribution is -0.146. The highest BCUT2D eigenvalue weighted by Gasteiger charge is 2.28. The molecule has 0 radical (unpaired) electrons. The molecular formula is C10H11NO2. The summed E-state index contributed by atoms with van der Waals surface area (Å²) >= 11 is 0. The van der Waals surface area contributed by atoms with Gasteiger partial charge in [-0.25, -0.2) is 4.79 Å². The normalized spacial score (nSPS) is 19.6. The van der Waals surface area contributed by atoms with Crippen LogP contribution in [0.2, 0.25) is 0 Å². The van der Waals surface area contributed by atoms with Gasteiger partial charge >= 0.3 is 5.97 Å². The second-order valence-corrected chi connectivity index (χ2v) is 3.23. The molecule has 0 aromatic heterocycles. The molecule has 1 aromatic rings. The number of hydrogen-bond acceptors (Lipinski definition) is 3. The number of hydrogen-bond donors (Lipinski definition) is 1. The minimum absolute atomic E-state index is 0.152. The van der Waals surface area contributed by atoms with Crippen LogP contribution < -0.4 is 5.90 Å². The smallest absolute Gasteiger partial charge is 0.331 e. The van der Waals surface area contributed by atoms with Crippen LogP contribution in [0, 0.1) is 0 Å². The molecule has 0 spiro atoms. The van der Waals surface area contributed by atoms with E-state index < -0.39 is 0 Å². The molecule has 0 bridgehead atoms. The van der Waals surface area contributed by atoms with Crippen molar-refractivity contribution in [3.05, 3.63) is 35.4 Å². The van der Waals surface area contributed by atoms with Gasteiger partial charge in [0.1, 0.15) is 0 Å². The van der Waals surface area contributed by atoms with E-state index in [0.29, 0.717) is 0 Å². The van der Waals surface area contributed by atoms with Gasteiger partial charge < -0.3 is 4.84 Å². The average molecular weight is 177 g/mol. The summed E-state index contributed by atoms with van der Waals surface area (Å²) in [5.74, 6) is 4.38. The van der Waals surface area contributed by atoms with Gasteiger partial charge in [-0.15, -0.1) is 0 Å². The van der Waals surface area contributed by atoms with Crippen molar-refractivity contribution in [1.82, 2.24) is 0 Å².